The summed E-state index contributed by atoms with van der Waals surface area (Å²) in [6, 6.07) is 18.7. The van der Waals surface area contributed by atoms with Gasteiger partial charge in [-0.25, -0.2) is 4.39 Å². The second kappa shape index (κ2) is 10.8. The molecule has 0 radical (unpaired) electrons. The molecule has 33 heavy (non-hydrogen) atoms. The highest BCUT2D eigenvalue weighted by Gasteiger charge is 2.32. The minimum Gasteiger partial charge on any atom is -0.354 e. The van der Waals surface area contributed by atoms with Crippen LogP contribution in [0.5, 0.6) is 0 Å². The predicted octanol–water partition coefficient (Wildman–Crippen LogP) is 3.94. The van der Waals surface area contributed by atoms with Crippen molar-refractivity contribution in [1.29, 1.82) is 0 Å². The van der Waals surface area contributed by atoms with E-state index in [0.29, 0.717) is 17.8 Å². The van der Waals surface area contributed by atoms with Gasteiger partial charge in [0.05, 0.1) is 18.3 Å². The average molecular weight is 468 g/mol. The van der Waals surface area contributed by atoms with E-state index in [2.05, 4.69) is 10.3 Å². The van der Waals surface area contributed by atoms with Gasteiger partial charge in [-0.15, -0.1) is 0 Å². The van der Waals surface area contributed by atoms with Crippen LogP contribution in [0.4, 0.5) is 10.1 Å². The maximum atomic E-state index is 14.9. The van der Waals surface area contributed by atoms with Crippen LogP contribution >= 0.6 is 11.8 Å². The summed E-state index contributed by atoms with van der Waals surface area (Å²) in [6.07, 6.45) is 0.248. The number of pyridine rings is 1. The van der Waals surface area contributed by atoms with Crippen LogP contribution < -0.4 is 10.2 Å². The Bertz CT molecular complexity index is 1080. The molecule has 1 aliphatic rings. The Labute approximate surface area is 196 Å². The topological polar surface area (TPSA) is 74.7 Å². The Morgan fingerprint density at radius 2 is 2.03 bits per heavy atom. The summed E-state index contributed by atoms with van der Waals surface area (Å²) < 4.78 is 20.4. The first-order valence-corrected chi connectivity index (χ1v) is 11.9. The Morgan fingerprint density at radius 3 is 2.73 bits per heavy atom. The normalized spacial score (nSPS) is 17.8. The molecular formula is C25H26FN3O3S. The van der Waals surface area contributed by atoms with Gasteiger partial charge in [-0.1, -0.05) is 30.3 Å². The van der Waals surface area contributed by atoms with Crippen molar-refractivity contribution >= 4 is 23.4 Å². The third-order valence-corrected chi connectivity index (χ3v) is 6.39. The van der Waals surface area contributed by atoms with Crippen LogP contribution in [-0.2, 0) is 21.0 Å². The summed E-state index contributed by atoms with van der Waals surface area (Å²) in [7, 11) is 0. The average Bonchev–Trinajstić information content (AvgIpc) is 3.19. The molecule has 1 amide bonds. The van der Waals surface area contributed by atoms with Gasteiger partial charge in [0, 0.05) is 42.4 Å². The fourth-order valence-corrected chi connectivity index (χ4v) is 4.57. The molecule has 8 heteroatoms. The number of amides is 1. The third-order valence-electron chi connectivity index (χ3n) is 5.35. The number of anilines is 1. The first kappa shape index (κ1) is 23.2. The van der Waals surface area contributed by atoms with E-state index in [4.69, 9.17) is 4.74 Å². The molecule has 0 aliphatic carbocycles. The first-order chi connectivity index (χ1) is 16.0. The molecule has 1 saturated heterocycles. The van der Waals surface area contributed by atoms with E-state index < -0.39 is 6.41 Å². The van der Waals surface area contributed by atoms with Crippen molar-refractivity contribution in [3.8, 4) is 11.1 Å². The van der Waals surface area contributed by atoms with E-state index in [1.54, 1.807) is 35.0 Å². The SMILES string of the molecule is CC(=O)NC[C@H]1CN(c2ccc(-c3ccc(CSCc4ccccn4)cc3)c(F)c2)C(O)O1. The van der Waals surface area contributed by atoms with Crippen LogP contribution in [-0.4, -0.2) is 41.6 Å². The van der Waals surface area contributed by atoms with Crippen molar-refractivity contribution in [2.45, 2.75) is 30.9 Å². The lowest BCUT2D eigenvalue weighted by Crippen LogP contribution is -2.33. The third kappa shape index (κ3) is 6.10. The summed E-state index contributed by atoms with van der Waals surface area (Å²) in [4.78, 5) is 17.0. The van der Waals surface area contributed by atoms with Crippen LogP contribution in [0.15, 0.2) is 66.9 Å². The van der Waals surface area contributed by atoms with E-state index in [-0.39, 0.29) is 24.4 Å². The maximum Gasteiger partial charge on any atom is 0.238 e. The van der Waals surface area contributed by atoms with Crippen molar-refractivity contribution < 1.29 is 19.0 Å². The van der Waals surface area contributed by atoms with Gasteiger partial charge in [0.1, 0.15) is 5.82 Å². The molecule has 1 aliphatic heterocycles. The maximum absolute atomic E-state index is 14.9. The van der Waals surface area contributed by atoms with Gasteiger partial charge >= 0.3 is 0 Å². The molecule has 0 spiro atoms. The molecule has 2 atom stereocenters. The number of aromatic nitrogens is 1. The van der Waals surface area contributed by atoms with Gasteiger partial charge in [-0.3, -0.25) is 9.78 Å². The molecule has 0 bridgehead atoms. The lowest BCUT2D eigenvalue weighted by Gasteiger charge is -2.21. The van der Waals surface area contributed by atoms with Crippen molar-refractivity contribution in [2.24, 2.45) is 0 Å². The Morgan fingerprint density at radius 1 is 1.21 bits per heavy atom. The van der Waals surface area contributed by atoms with Crippen LogP contribution in [0.1, 0.15) is 18.2 Å². The summed E-state index contributed by atoms with van der Waals surface area (Å²) in [5, 5.41) is 12.9. The number of ether oxygens (including phenoxy) is 1. The van der Waals surface area contributed by atoms with Gasteiger partial charge in [0.15, 0.2) is 0 Å². The van der Waals surface area contributed by atoms with E-state index >= 15 is 0 Å². The molecule has 2 N–H and O–H groups in total. The van der Waals surface area contributed by atoms with Gasteiger partial charge in [0.2, 0.25) is 12.3 Å². The number of halogens is 1. The predicted molar refractivity (Wildman–Crippen MR) is 128 cm³/mol. The molecule has 6 nitrogen and oxygen atoms in total. The number of carbonyl (C=O) groups is 1. The van der Waals surface area contributed by atoms with Crippen molar-refractivity contribution in [2.75, 3.05) is 18.0 Å². The van der Waals surface area contributed by atoms with Crippen molar-refractivity contribution in [3.05, 3.63) is 83.9 Å². The molecule has 2 aromatic carbocycles. The number of thioether (sulfide) groups is 1. The Kier molecular flexibility index (Phi) is 7.59. The zero-order valence-electron chi connectivity index (χ0n) is 18.3. The quantitative estimate of drug-likeness (QED) is 0.523. The second-order valence-electron chi connectivity index (χ2n) is 7.85. The standard InChI is InChI=1S/C25H26FN3O3S/c1-17(30)28-13-22-14-29(25(31)32-22)21-9-10-23(24(26)12-21)19-7-5-18(6-8-19)15-33-16-20-4-2-3-11-27-20/h2-12,22,25,31H,13-16H2,1H3,(H,28,30)/t22-,25?/m0/s1. The molecule has 172 valence electrons. The molecule has 2 heterocycles. The van der Waals surface area contributed by atoms with Crippen molar-refractivity contribution in [1.82, 2.24) is 10.3 Å². The summed E-state index contributed by atoms with van der Waals surface area (Å²) in [5.74, 6) is 1.16. The summed E-state index contributed by atoms with van der Waals surface area (Å²) >= 11 is 1.78. The van der Waals surface area contributed by atoms with E-state index in [1.165, 1.54) is 18.6 Å². The highest BCUT2D eigenvalue weighted by Crippen LogP contribution is 2.30. The zero-order valence-corrected chi connectivity index (χ0v) is 19.1. The minimum absolute atomic E-state index is 0.167. The fourth-order valence-electron chi connectivity index (χ4n) is 3.66. The number of aliphatic hydroxyl groups is 1. The molecule has 4 rings (SSSR count). The summed E-state index contributed by atoms with van der Waals surface area (Å²) in [5.41, 5.74) is 4.03. The summed E-state index contributed by atoms with van der Waals surface area (Å²) in [6.45, 7) is 2.06. The lowest BCUT2D eigenvalue weighted by atomic mass is 10.0. The van der Waals surface area contributed by atoms with Gasteiger partial charge < -0.3 is 20.1 Å². The molecular weight excluding hydrogens is 441 g/mol. The molecule has 0 saturated carbocycles. The Hall–Kier alpha value is -2.94. The number of hydrogen-bond donors (Lipinski definition) is 2. The zero-order chi connectivity index (χ0) is 23.2. The van der Waals surface area contributed by atoms with Crippen molar-refractivity contribution in [3.63, 3.8) is 0 Å². The van der Waals surface area contributed by atoms with E-state index in [0.717, 1.165) is 22.8 Å². The van der Waals surface area contributed by atoms with E-state index in [9.17, 15) is 14.3 Å². The molecule has 1 unspecified atom stereocenters. The largest absolute Gasteiger partial charge is 0.354 e. The number of rotatable bonds is 8. The van der Waals surface area contributed by atoms with Crippen LogP contribution in [0.25, 0.3) is 11.1 Å². The Balaban J connectivity index is 1.37. The van der Waals surface area contributed by atoms with Crippen LogP contribution in [0, 0.1) is 5.82 Å². The smallest absolute Gasteiger partial charge is 0.238 e. The lowest BCUT2D eigenvalue weighted by molar-refractivity contribution is -0.121. The number of carbonyl (C=O) groups excluding carboxylic acids is 1. The molecule has 1 aromatic heterocycles. The number of nitrogens with one attached hydrogen (secondary N) is 1. The molecule has 1 fully saturated rings. The van der Waals surface area contributed by atoms with Gasteiger partial charge in [-0.05, 0) is 41.5 Å². The van der Waals surface area contributed by atoms with Crippen LogP contribution in [0.3, 0.4) is 0 Å². The highest BCUT2D eigenvalue weighted by atomic mass is 32.2. The number of hydrogen-bond acceptors (Lipinski definition) is 6. The highest BCUT2D eigenvalue weighted by molar-refractivity contribution is 7.97. The first-order valence-electron chi connectivity index (χ1n) is 10.7. The van der Waals surface area contributed by atoms with E-state index in [1.807, 2.05) is 42.5 Å². The van der Waals surface area contributed by atoms with Crippen LogP contribution in [0.2, 0.25) is 0 Å². The second-order valence-corrected chi connectivity index (χ2v) is 8.83. The number of benzene rings is 2. The molecule has 3 aromatic rings. The fraction of sp³-hybridized carbons (Fsp3) is 0.280. The van der Waals surface area contributed by atoms with Gasteiger partial charge in [0.25, 0.3) is 0 Å². The number of nitrogens with zero attached hydrogens (tertiary/aromatic N) is 2. The minimum atomic E-state index is -1.18. The monoisotopic (exact) mass is 467 g/mol. The van der Waals surface area contributed by atoms with Gasteiger partial charge in [-0.2, -0.15) is 11.8 Å². The number of aliphatic hydroxyl groups excluding tert-OH is 1.